The van der Waals surface area contributed by atoms with Crippen molar-refractivity contribution in [1.29, 1.82) is 0 Å². The molecule has 160 valence electrons. The summed E-state index contributed by atoms with van der Waals surface area (Å²) in [5.74, 6) is 0.594. The molecule has 6 nitrogen and oxygen atoms in total. The second kappa shape index (κ2) is 11.0. The van der Waals surface area contributed by atoms with Crippen LogP contribution < -0.4 is 15.4 Å². The van der Waals surface area contributed by atoms with Gasteiger partial charge in [-0.2, -0.15) is 0 Å². The maximum atomic E-state index is 11.9. The van der Waals surface area contributed by atoms with Crippen LogP contribution in [0.3, 0.4) is 0 Å². The minimum absolute atomic E-state index is 0.0665. The molecule has 0 radical (unpaired) electrons. The van der Waals surface area contributed by atoms with Crippen molar-refractivity contribution >= 4 is 39.6 Å². The first-order valence-electron chi connectivity index (χ1n) is 10.5. The minimum Gasteiger partial charge on any atom is -0.493 e. The van der Waals surface area contributed by atoms with Crippen LogP contribution >= 0.6 is 11.8 Å². The molecule has 2 N–H and O–H groups in total. The zero-order valence-corrected chi connectivity index (χ0v) is 18.1. The Kier molecular flexibility index (Phi) is 8.13. The number of unbranched alkanes of at least 4 members (excludes halogenated alkanes) is 2. The number of carbonyl (C=O) groups is 3. The van der Waals surface area contributed by atoms with E-state index in [0.717, 1.165) is 59.7 Å². The molecule has 1 heterocycles. The number of hydrogen-bond donors (Lipinski definition) is 2. The third kappa shape index (κ3) is 5.98. The topological polar surface area (TPSA) is 84.5 Å². The highest BCUT2D eigenvalue weighted by Gasteiger charge is 2.31. The van der Waals surface area contributed by atoms with E-state index in [1.165, 1.54) is 0 Å². The monoisotopic (exact) mass is 428 g/mol. The van der Waals surface area contributed by atoms with E-state index >= 15 is 0 Å². The molecule has 30 heavy (non-hydrogen) atoms. The number of imide groups is 1. The number of hydrogen-bond acceptors (Lipinski definition) is 5. The number of nitrogens with one attached hydrogen (secondary N) is 2. The fourth-order valence-electron chi connectivity index (χ4n) is 3.47. The molecule has 2 aromatic carbocycles. The Labute approximate surface area is 181 Å². The second-order valence-corrected chi connectivity index (χ2v) is 8.54. The zero-order valence-electron chi connectivity index (χ0n) is 17.2. The molecule has 7 heteroatoms. The molecular weight excluding hydrogens is 400 g/mol. The molecule has 1 saturated heterocycles. The fourth-order valence-corrected chi connectivity index (χ4v) is 4.32. The summed E-state index contributed by atoms with van der Waals surface area (Å²) < 4.78 is 5.96. The first-order valence-corrected chi connectivity index (χ1v) is 11.4. The van der Waals surface area contributed by atoms with Crippen molar-refractivity contribution in [3.8, 4) is 5.75 Å². The number of rotatable bonds is 11. The van der Waals surface area contributed by atoms with Crippen molar-refractivity contribution in [2.75, 3.05) is 13.2 Å². The molecule has 3 amide bonds. The van der Waals surface area contributed by atoms with E-state index in [1.807, 2.05) is 36.4 Å². The third-order valence-electron chi connectivity index (χ3n) is 5.05. The number of amides is 3. The first-order chi connectivity index (χ1) is 14.6. The van der Waals surface area contributed by atoms with Crippen LogP contribution in [0.1, 0.15) is 44.6 Å². The van der Waals surface area contributed by atoms with Gasteiger partial charge in [0.1, 0.15) is 5.75 Å². The molecule has 3 rings (SSSR count). The van der Waals surface area contributed by atoms with Gasteiger partial charge in [-0.25, -0.2) is 0 Å². The molecule has 0 saturated carbocycles. The van der Waals surface area contributed by atoms with Gasteiger partial charge in [0, 0.05) is 18.4 Å². The van der Waals surface area contributed by atoms with Gasteiger partial charge >= 0.3 is 0 Å². The maximum Gasteiger partial charge on any atom is 0.286 e. The van der Waals surface area contributed by atoms with Crippen molar-refractivity contribution in [2.24, 2.45) is 0 Å². The highest BCUT2D eigenvalue weighted by molar-refractivity contribution is 8.15. The van der Waals surface area contributed by atoms with Crippen molar-refractivity contribution < 1.29 is 19.1 Å². The third-order valence-corrected chi connectivity index (χ3v) is 6.04. The normalized spacial score (nSPS) is 16.0. The Morgan fingerprint density at radius 1 is 1.10 bits per heavy atom. The molecule has 1 atom stereocenters. The van der Waals surface area contributed by atoms with Crippen LogP contribution in [-0.4, -0.2) is 35.5 Å². The molecule has 2 aromatic rings. The average Bonchev–Trinajstić information content (AvgIpc) is 3.06. The number of ether oxygens (including phenoxy) is 1. The summed E-state index contributed by atoms with van der Waals surface area (Å²) in [6, 6.07) is 11.7. The molecule has 0 bridgehead atoms. The van der Waals surface area contributed by atoms with E-state index in [1.54, 1.807) is 0 Å². The predicted molar refractivity (Wildman–Crippen MR) is 120 cm³/mol. The summed E-state index contributed by atoms with van der Waals surface area (Å²) in [5, 5.41) is 6.57. The Morgan fingerprint density at radius 3 is 2.63 bits per heavy atom. The van der Waals surface area contributed by atoms with E-state index in [-0.39, 0.29) is 17.1 Å². The van der Waals surface area contributed by atoms with Crippen LogP contribution in [0.5, 0.6) is 5.75 Å². The van der Waals surface area contributed by atoms with Crippen molar-refractivity contribution in [3.05, 3.63) is 42.0 Å². The lowest BCUT2D eigenvalue weighted by Crippen LogP contribution is -2.25. The van der Waals surface area contributed by atoms with E-state index in [0.29, 0.717) is 25.9 Å². The summed E-state index contributed by atoms with van der Waals surface area (Å²) in [5.41, 5.74) is 1.01. The van der Waals surface area contributed by atoms with Crippen LogP contribution in [-0.2, 0) is 16.0 Å². The smallest absolute Gasteiger partial charge is 0.286 e. The first kappa shape index (κ1) is 22.2. The Balaban J connectivity index is 1.56. The SMILES string of the molecule is CCCCCNC(=O)CCCOc1ccc(CC2SC(=O)NC2=O)c2ccccc12. The van der Waals surface area contributed by atoms with Gasteiger partial charge in [-0.3, -0.25) is 19.7 Å². The lowest BCUT2D eigenvalue weighted by atomic mass is 10.00. The van der Waals surface area contributed by atoms with Gasteiger partial charge in [0.15, 0.2) is 0 Å². The molecule has 1 aliphatic heterocycles. The number of benzene rings is 2. The van der Waals surface area contributed by atoms with Crippen LogP contribution in [0.2, 0.25) is 0 Å². The van der Waals surface area contributed by atoms with E-state index in [9.17, 15) is 14.4 Å². The molecular formula is C23H28N2O4S. The molecule has 1 aliphatic rings. The van der Waals surface area contributed by atoms with Crippen molar-refractivity contribution in [3.63, 3.8) is 0 Å². The largest absolute Gasteiger partial charge is 0.493 e. The minimum atomic E-state index is -0.400. The van der Waals surface area contributed by atoms with Crippen LogP contribution in [0.15, 0.2) is 36.4 Å². The maximum absolute atomic E-state index is 11.9. The van der Waals surface area contributed by atoms with Gasteiger partial charge in [-0.05, 0) is 36.3 Å². The summed E-state index contributed by atoms with van der Waals surface area (Å²) >= 11 is 1.04. The summed E-state index contributed by atoms with van der Waals surface area (Å²) in [6.45, 7) is 3.34. The highest BCUT2D eigenvalue weighted by Crippen LogP contribution is 2.32. The van der Waals surface area contributed by atoms with Crippen LogP contribution in [0.25, 0.3) is 10.8 Å². The molecule has 0 aromatic heterocycles. The van der Waals surface area contributed by atoms with E-state index < -0.39 is 5.25 Å². The summed E-state index contributed by atoms with van der Waals surface area (Å²) in [7, 11) is 0. The van der Waals surface area contributed by atoms with Crippen LogP contribution in [0, 0.1) is 0 Å². The number of thioether (sulfide) groups is 1. The van der Waals surface area contributed by atoms with Crippen molar-refractivity contribution in [1.82, 2.24) is 10.6 Å². The number of fused-ring (bicyclic) bond motifs is 1. The Morgan fingerprint density at radius 2 is 1.90 bits per heavy atom. The van der Waals surface area contributed by atoms with Gasteiger partial charge in [0.25, 0.3) is 5.24 Å². The quantitative estimate of drug-likeness (QED) is 0.524. The Hall–Kier alpha value is -2.54. The van der Waals surface area contributed by atoms with Gasteiger partial charge < -0.3 is 10.1 Å². The second-order valence-electron chi connectivity index (χ2n) is 7.36. The number of carbonyl (C=O) groups excluding carboxylic acids is 3. The molecule has 1 unspecified atom stereocenters. The summed E-state index contributed by atoms with van der Waals surface area (Å²) in [4.78, 5) is 35.2. The zero-order chi connectivity index (χ0) is 21.3. The Bertz CT molecular complexity index is 915. The van der Waals surface area contributed by atoms with Gasteiger partial charge in [0.05, 0.1) is 11.9 Å². The molecule has 0 aliphatic carbocycles. The molecule has 0 spiro atoms. The van der Waals surface area contributed by atoms with Gasteiger partial charge in [-0.15, -0.1) is 0 Å². The lowest BCUT2D eigenvalue weighted by molar-refractivity contribution is -0.121. The average molecular weight is 429 g/mol. The molecule has 1 fully saturated rings. The van der Waals surface area contributed by atoms with Crippen molar-refractivity contribution in [2.45, 2.75) is 50.7 Å². The van der Waals surface area contributed by atoms with Gasteiger partial charge in [-0.1, -0.05) is 61.9 Å². The standard InChI is InChI=1S/C23H28N2O4S/c1-2-3-6-13-24-21(26)10-7-14-29-19-12-11-16(17-8-4-5-9-18(17)19)15-20-22(27)25-23(28)30-20/h4-5,8-9,11-12,20H,2-3,6-7,10,13-15H2,1H3,(H,24,26)(H,25,27,28). The fraction of sp³-hybridized carbons (Fsp3) is 0.435. The van der Waals surface area contributed by atoms with E-state index in [2.05, 4.69) is 17.6 Å². The summed E-state index contributed by atoms with van der Waals surface area (Å²) in [6.07, 6.45) is 4.88. The van der Waals surface area contributed by atoms with Crippen LogP contribution in [0.4, 0.5) is 4.79 Å². The lowest BCUT2D eigenvalue weighted by Gasteiger charge is -2.14. The van der Waals surface area contributed by atoms with Gasteiger partial charge in [0.2, 0.25) is 11.8 Å². The predicted octanol–water partition coefficient (Wildman–Crippen LogP) is 4.20. The highest BCUT2D eigenvalue weighted by atomic mass is 32.2. The van der Waals surface area contributed by atoms with E-state index in [4.69, 9.17) is 4.74 Å².